The molecule has 0 saturated carbocycles. The summed E-state index contributed by atoms with van der Waals surface area (Å²) >= 11 is 0. The summed E-state index contributed by atoms with van der Waals surface area (Å²) in [5.41, 5.74) is 3.24. The molecule has 0 aliphatic carbocycles. The smallest absolute Gasteiger partial charge is 0.161 e. The second kappa shape index (κ2) is 3.10. The molecule has 1 aromatic carbocycles. The Morgan fingerprint density at radius 2 is 1.11 bits per heavy atom. The molecule has 0 amide bonds. The lowest BCUT2D eigenvalue weighted by molar-refractivity contribution is 0.510. The maximum Gasteiger partial charge on any atom is 0.161 e. The Balaban J connectivity index is 2.43. The minimum absolute atomic E-state index is 0.651. The van der Waals surface area contributed by atoms with Crippen molar-refractivity contribution in [2.24, 2.45) is 0 Å². The fourth-order valence-corrected chi connectivity index (χ4v) is 2.51. The van der Waals surface area contributed by atoms with Crippen molar-refractivity contribution in [3.05, 3.63) is 60.4 Å². The second-order valence-electron chi connectivity index (χ2n) is 4.28. The maximum absolute atomic E-state index is 13.4. The first-order valence-electron chi connectivity index (χ1n) is 5.60. The van der Waals surface area contributed by atoms with Crippen LogP contribution >= 0.6 is 0 Å². The highest BCUT2D eigenvalue weighted by Crippen LogP contribution is 2.25. The van der Waals surface area contributed by atoms with Crippen molar-refractivity contribution in [1.29, 1.82) is 0 Å². The predicted molar refractivity (Wildman–Crippen MR) is 65.8 cm³/mol. The van der Waals surface area contributed by atoms with Crippen LogP contribution in [0.15, 0.2) is 48.8 Å². The van der Waals surface area contributed by atoms with Gasteiger partial charge in [0.25, 0.3) is 0 Å². The number of rotatable bonds is 0. The molecule has 3 aromatic heterocycles. The van der Waals surface area contributed by atoms with Crippen LogP contribution in [0, 0.1) is 11.6 Å². The average molecular weight is 242 g/mol. The van der Waals surface area contributed by atoms with E-state index in [1.54, 1.807) is 0 Å². The molecule has 0 aliphatic heterocycles. The lowest BCUT2D eigenvalue weighted by atomic mass is 10.2. The highest BCUT2D eigenvalue weighted by molar-refractivity contribution is 5.89. The first kappa shape index (κ1) is 9.65. The van der Waals surface area contributed by atoms with Crippen molar-refractivity contribution in [3.63, 3.8) is 0 Å². The standard InChI is InChI=1S/C14H8F2N2/c15-9-7-13-14(8-10(9)16)18-6-2-4-12(18)11-3-1-5-17(11)13/h1-8H. The zero-order chi connectivity index (χ0) is 12.3. The largest absolute Gasteiger partial charge is 0.313 e. The molecule has 0 saturated heterocycles. The van der Waals surface area contributed by atoms with Gasteiger partial charge in [-0.15, -0.1) is 0 Å². The van der Waals surface area contributed by atoms with Crippen LogP contribution in [-0.2, 0) is 0 Å². The first-order valence-corrected chi connectivity index (χ1v) is 5.60. The van der Waals surface area contributed by atoms with E-state index in [0.717, 1.165) is 11.0 Å². The van der Waals surface area contributed by atoms with Crippen LogP contribution in [-0.4, -0.2) is 8.80 Å². The molecule has 0 aliphatic rings. The lowest BCUT2D eigenvalue weighted by Gasteiger charge is -2.08. The molecule has 0 bridgehead atoms. The predicted octanol–water partition coefficient (Wildman–Crippen LogP) is 3.62. The molecule has 0 N–H and O–H groups in total. The van der Waals surface area contributed by atoms with E-state index in [-0.39, 0.29) is 0 Å². The van der Waals surface area contributed by atoms with Gasteiger partial charge >= 0.3 is 0 Å². The van der Waals surface area contributed by atoms with E-state index in [9.17, 15) is 8.78 Å². The van der Waals surface area contributed by atoms with Crippen LogP contribution in [0.1, 0.15) is 0 Å². The summed E-state index contributed by atoms with van der Waals surface area (Å²) < 4.78 is 30.6. The van der Waals surface area contributed by atoms with Crippen molar-refractivity contribution in [1.82, 2.24) is 8.80 Å². The Kier molecular flexibility index (Phi) is 1.66. The summed E-state index contributed by atoms with van der Waals surface area (Å²) in [5, 5.41) is 0. The zero-order valence-corrected chi connectivity index (χ0v) is 9.27. The van der Waals surface area contributed by atoms with Gasteiger partial charge < -0.3 is 8.80 Å². The summed E-state index contributed by atoms with van der Waals surface area (Å²) in [7, 11) is 0. The molecule has 88 valence electrons. The Morgan fingerprint density at radius 1 is 0.667 bits per heavy atom. The molecule has 0 fully saturated rings. The van der Waals surface area contributed by atoms with Gasteiger partial charge in [-0.25, -0.2) is 8.78 Å². The highest BCUT2D eigenvalue weighted by atomic mass is 19.2. The molecule has 4 aromatic rings. The molecule has 18 heavy (non-hydrogen) atoms. The van der Waals surface area contributed by atoms with E-state index in [1.807, 2.05) is 45.5 Å². The molecule has 4 heteroatoms. The normalized spacial score (nSPS) is 11.9. The molecule has 0 atom stereocenters. The van der Waals surface area contributed by atoms with Gasteiger partial charge in [-0.2, -0.15) is 0 Å². The quantitative estimate of drug-likeness (QED) is 0.445. The molecule has 3 heterocycles. The molecular weight excluding hydrogens is 234 g/mol. The van der Waals surface area contributed by atoms with Crippen LogP contribution in [0.5, 0.6) is 0 Å². The minimum Gasteiger partial charge on any atom is -0.313 e. The molecular formula is C14H8F2N2. The first-order chi connectivity index (χ1) is 8.75. The van der Waals surface area contributed by atoms with Crippen molar-refractivity contribution >= 4 is 22.1 Å². The van der Waals surface area contributed by atoms with Crippen LogP contribution in [0.25, 0.3) is 22.1 Å². The third kappa shape index (κ3) is 1.05. The Bertz CT molecular complexity index is 827. The van der Waals surface area contributed by atoms with E-state index >= 15 is 0 Å². The average Bonchev–Trinajstić information content (AvgIpc) is 2.97. The summed E-state index contributed by atoms with van der Waals surface area (Å²) in [5.74, 6) is -1.66. The van der Waals surface area contributed by atoms with Gasteiger partial charge in [-0.1, -0.05) is 0 Å². The van der Waals surface area contributed by atoms with Crippen molar-refractivity contribution < 1.29 is 8.78 Å². The van der Waals surface area contributed by atoms with Crippen LogP contribution in [0.4, 0.5) is 8.78 Å². The fourth-order valence-electron chi connectivity index (χ4n) is 2.51. The minimum atomic E-state index is -0.830. The summed E-state index contributed by atoms with van der Waals surface area (Å²) in [4.78, 5) is 0. The summed E-state index contributed by atoms with van der Waals surface area (Å²) in [6.45, 7) is 0. The van der Waals surface area contributed by atoms with Gasteiger partial charge in [0.1, 0.15) is 0 Å². The van der Waals surface area contributed by atoms with Gasteiger partial charge in [-0.05, 0) is 24.3 Å². The van der Waals surface area contributed by atoms with E-state index in [2.05, 4.69) is 0 Å². The molecule has 0 unspecified atom stereocenters. The van der Waals surface area contributed by atoms with Crippen molar-refractivity contribution in [2.45, 2.75) is 0 Å². The number of nitrogens with zero attached hydrogens (tertiary/aromatic N) is 2. The van der Waals surface area contributed by atoms with Crippen molar-refractivity contribution in [3.8, 4) is 0 Å². The van der Waals surface area contributed by atoms with E-state index < -0.39 is 11.6 Å². The Morgan fingerprint density at radius 3 is 1.56 bits per heavy atom. The van der Waals surface area contributed by atoms with Gasteiger partial charge in [0.2, 0.25) is 0 Å². The van der Waals surface area contributed by atoms with Crippen LogP contribution in [0.2, 0.25) is 0 Å². The van der Waals surface area contributed by atoms with Gasteiger partial charge in [-0.3, -0.25) is 0 Å². The van der Waals surface area contributed by atoms with Gasteiger partial charge in [0.05, 0.1) is 22.1 Å². The van der Waals surface area contributed by atoms with E-state index in [0.29, 0.717) is 11.0 Å². The molecule has 4 rings (SSSR count). The number of aromatic nitrogens is 2. The third-order valence-corrected chi connectivity index (χ3v) is 3.30. The van der Waals surface area contributed by atoms with Crippen LogP contribution < -0.4 is 0 Å². The number of benzene rings is 1. The maximum atomic E-state index is 13.4. The van der Waals surface area contributed by atoms with E-state index in [1.165, 1.54) is 12.1 Å². The third-order valence-electron chi connectivity index (χ3n) is 3.30. The second-order valence-corrected chi connectivity index (χ2v) is 4.28. The number of hydrogen-bond acceptors (Lipinski definition) is 0. The Hall–Kier alpha value is -2.36. The topological polar surface area (TPSA) is 8.82 Å². The number of fused-ring (bicyclic) bond motifs is 6. The fraction of sp³-hybridized carbons (Fsp3) is 0. The SMILES string of the molecule is Fc1cc2c(cc1F)n1cccc1c1cccn12. The number of halogens is 2. The highest BCUT2D eigenvalue weighted by Gasteiger charge is 2.11. The summed E-state index contributed by atoms with van der Waals surface area (Å²) in [6, 6.07) is 10.2. The van der Waals surface area contributed by atoms with Gasteiger partial charge in [0, 0.05) is 24.5 Å². The summed E-state index contributed by atoms with van der Waals surface area (Å²) in [6.07, 6.45) is 3.70. The van der Waals surface area contributed by atoms with Crippen LogP contribution in [0.3, 0.4) is 0 Å². The zero-order valence-electron chi connectivity index (χ0n) is 9.27. The van der Waals surface area contributed by atoms with E-state index in [4.69, 9.17) is 0 Å². The molecule has 2 nitrogen and oxygen atoms in total. The number of hydrogen-bond donors (Lipinski definition) is 0. The Labute approximate surface area is 101 Å². The molecule has 0 spiro atoms. The lowest BCUT2D eigenvalue weighted by Crippen LogP contribution is -1.97. The molecule has 0 radical (unpaired) electrons. The van der Waals surface area contributed by atoms with Crippen molar-refractivity contribution in [2.75, 3.05) is 0 Å². The monoisotopic (exact) mass is 242 g/mol. The van der Waals surface area contributed by atoms with Gasteiger partial charge in [0.15, 0.2) is 11.6 Å².